The number of methoxy groups -OCH3 is 2. The Hall–Kier alpha value is -3.36. The van der Waals surface area contributed by atoms with E-state index in [1.165, 1.54) is 4.31 Å². The lowest BCUT2D eigenvalue weighted by Crippen LogP contribution is -2.42. The van der Waals surface area contributed by atoms with E-state index in [1.807, 2.05) is 55.5 Å². The molecule has 0 aromatic heterocycles. The summed E-state index contributed by atoms with van der Waals surface area (Å²) in [5.74, 6) is 0.900. The monoisotopic (exact) mass is 496 g/mol. The molecule has 0 unspecified atom stereocenters. The van der Waals surface area contributed by atoms with E-state index in [0.717, 1.165) is 16.7 Å². The first kappa shape index (κ1) is 26.2. The van der Waals surface area contributed by atoms with Gasteiger partial charge in [0, 0.05) is 13.1 Å². The first-order valence-electron chi connectivity index (χ1n) is 11.4. The molecule has 0 saturated carbocycles. The molecule has 0 aliphatic rings. The molecule has 0 bridgehead atoms. The molecule has 0 aliphatic carbocycles. The van der Waals surface area contributed by atoms with Crippen LogP contribution in [0.1, 0.15) is 16.7 Å². The highest BCUT2D eigenvalue weighted by Crippen LogP contribution is 2.27. The zero-order chi connectivity index (χ0) is 25.3. The van der Waals surface area contributed by atoms with Crippen molar-refractivity contribution >= 4 is 15.9 Å². The van der Waals surface area contributed by atoms with E-state index in [2.05, 4.69) is 5.32 Å². The second-order valence-corrected chi connectivity index (χ2v) is 10.1. The summed E-state index contributed by atoms with van der Waals surface area (Å²) in [5.41, 5.74) is 2.94. The van der Waals surface area contributed by atoms with Crippen molar-refractivity contribution in [3.63, 3.8) is 0 Å². The molecule has 0 spiro atoms. The number of aryl methyl sites for hydroxylation is 1. The number of benzene rings is 3. The quantitative estimate of drug-likeness (QED) is 0.414. The molecule has 0 atom stereocenters. The minimum atomic E-state index is -3.83. The molecule has 0 heterocycles. The van der Waals surface area contributed by atoms with E-state index in [1.54, 1.807) is 38.5 Å². The van der Waals surface area contributed by atoms with E-state index >= 15 is 0 Å². The fourth-order valence-corrected chi connectivity index (χ4v) is 5.04. The van der Waals surface area contributed by atoms with Gasteiger partial charge in [0.2, 0.25) is 15.9 Å². The summed E-state index contributed by atoms with van der Waals surface area (Å²) >= 11 is 0. The average molecular weight is 497 g/mol. The predicted molar refractivity (Wildman–Crippen MR) is 136 cm³/mol. The largest absolute Gasteiger partial charge is 0.493 e. The van der Waals surface area contributed by atoms with Crippen LogP contribution < -0.4 is 14.8 Å². The van der Waals surface area contributed by atoms with Gasteiger partial charge in [-0.25, -0.2) is 8.42 Å². The number of amides is 1. The van der Waals surface area contributed by atoms with E-state index in [-0.39, 0.29) is 23.9 Å². The molecule has 8 heteroatoms. The van der Waals surface area contributed by atoms with Gasteiger partial charge in [0.25, 0.3) is 0 Å². The van der Waals surface area contributed by atoms with Crippen molar-refractivity contribution in [3.05, 3.63) is 89.5 Å². The van der Waals surface area contributed by atoms with E-state index in [0.29, 0.717) is 30.9 Å². The first-order chi connectivity index (χ1) is 16.8. The lowest BCUT2D eigenvalue weighted by molar-refractivity contribution is -0.121. The smallest absolute Gasteiger partial charge is 0.243 e. The number of nitrogens with one attached hydrogen (secondary N) is 1. The van der Waals surface area contributed by atoms with E-state index in [4.69, 9.17) is 9.47 Å². The molecule has 1 amide bonds. The molecule has 3 rings (SSSR count). The van der Waals surface area contributed by atoms with Crippen LogP contribution in [0.25, 0.3) is 0 Å². The standard InChI is InChI=1S/C27H32N2O5S/c1-21-9-12-24(13-10-21)35(31,32)29(18-16-22-7-5-4-6-8-22)20-27(30)28-17-15-23-11-14-25(33-2)26(19-23)34-3/h4-14,19H,15-18,20H2,1-3H3,(H,28,30). The summed E-state index contributed by atoms with van der Waals surface area (Å²) in [4.78, 5) is 12.9. The second-order valence-electron chi connectivity index (χ2n) is 8.18. The molecule has 3 aromatic rings. The number of sulfonamides is 1. The van der Waals surface area contributed by atoms with Crippen molar-refractivity contribution in [2.75, 3.05) is 33.9 Å². The third-order valence-electron chi connectivity index (χ3n) is 5.66. The maximum atomic E-state index is 13.3. The summed E-state index contributed by atoms with van der Waals surface area (Å²) in [5, 5.41) is 2.84. The van der Waals surface area contributed by atoms with Gasteiger partial charge in [0.15, 0.2) is 11.5 Å². The van der Waals surface area contributed by atoms with Crippen LogP contribution in [0.5, 0.6) is 11.5 Å². The van der Waals surface area contributed by atoms with Gasteiger partial charge >= 0.3 is 0 Å². The molecular weight excluding hydrogens is 464 g/mol. The molecule has 35 heavy (non-hydrogen) atoms. The Morgan fingerprint density at radius 1 is 0.857 bits per heavy atom. The summed E-state index contributed by atoms with van der Waals surface area (Å²) in [6.07, 6.45) is 1.08. The average Bonchev–Trinajstić information content (AvgIpc) is 2.87. The topological polar surface area (TPSA) is 84.9 Å². The van der Waals surface area contributed by atoms with Gasteiger partial charge in [0.1, 0.15) is 0 Å². The Morgan fingerprint density at radius 3 is 2.20 bits per heavy atom. The Bertz CT molecular complexity index is 1210. The van der Waals surface area contributed by atoms with Crippen molar-refractivity contribution in [1.29, 1.82) is 0 Å². The minimum Gasteiger partial charge on any atom is -0.493 e. The highest BCUT2D eigenvalue weighted by Gasteiger charge is 2.26. The van der Waals surface area contributed by atoms with Gasteiger partial charge in [0.05, 0.1) is 25.7 Å². The Kier molecular flexibility index (Phi) is 9.28. The van der Waals surface area contributed by atoms with Crippen molar-refractivity contribution in [2.24, 2.45) is 0 Å². The SMILES string of the molecule is COc1ccc(CCNC(=O)CN(CCc2ccccc2)S(=O)(=O)c2ccc(C)cc2)cc1OC. The summed E-state index contributed by atoms with van der Waals surface area (Å²) < 4.78 is 38.5. The van der Waals surface area contributed by atoms with Crippen LogP contribution in [0.2, 0.25) is 0 Å². The number of carbonyl (C=O) groups is 1. The van der Waals surface area contributed by atoms with Gasteiger partial charge in [-0.2, -0.15) is 4.31 Å². The van der Waals surface area contributed by atoms with Gasteiger partial charge < -0.3 is 14.8 Å². The molecule has 0 saturated heterocycles. The van der Waals surface area contributed by atoms with Crippen molar-refractivity contribution in [1.82, 2.24) is 9.62 Å². The Labute approximate surface area is 207 Å². The number of rotatable bonds is 12. The second kappa shape index (κ2) is 12.4. The van der Waals surface area contributed by atoms with Crippen LogP contribution in [-0.2, 0) is 27.7 Å². The maximum absolute atomic E-state index is 13.3. The lowest BCUT2D eigenvalue weighted by Gasteiger charge is -2.22. The fraction of sp³-hybridized carbons (Fsp3) is 0.296. The van der Waals surface area contributed by atoms with Gasteiger partial charge in [-0.1, -0.05) is 54.1 Å². The van der Waals surface area contributed by atoms with Crippen LogP contribution in [0.3, 0.4) is 0 Å². The molecule has 186 valence electrons. The molecule has 0 aliphatic heterocycles. The lowest BCUT2D eigenvalue weighted by atomic mass is 10.1. The highest BCUT2D eigenvalue weighted by molar-refractivity contribution is 7.89. The number of hydrogen-bond donors (Lipinski definition) is 1. The summed E-state index contributed by atoms with van der Waals surface area (Å²) in [6, 6.07) is 21.9. The van der Waals surface area contributed by atoms with E-state index < -0.39 is 10.0 Å². The van der Waals surface area contributed by atoms with Crippen LogP contribution in [0.4, 0.5) is 0 Å². The predicted octanol–water partition coefficient (Wildman–Crippen LogP) is 3.60. The summed E-state index contributed by atoms with van der Waals surface area (Å²) in [6.45, 7) is 2.21. The first-order valence-corrected chi connectivity index (χ1v) is 12.9. The molecular formula is C27H32N2O5S. The van der Waals surface area contributed by atoms with Crippen LogP contribution in [0, 0.1) is 6.92 Å². The van der Waals surface area contributed by atoms with E-state index in [9.17, 15) is 13.2 Å². The number of ether oxygens (including phenoxy) is 2. The summed E-state index contributed by atoms with van der Waals surface area (Å²) in [7, 11) is -0.688. The molecule has 3 aromatic carbocycles. The van der Waals surface area contributed by atoms with Crippen molar-refractivity contribution in [3.8, 4) is 11.5 Å². The third-order valence-corrected chi connectivity index (χ3v) is 7.51. The van der Waals surface area contributed by atoms with Crippen LogP contribution in [-0.4, -0.2) is 52.5 Å². The Balaban J connectivity index is 1.66. The number of nitrogens with zero attached hydrogens (tertiary/aromatic N) is 1. The fourth-order valence-electron chi connectivity index (χ4n) is 3.64. The van der Waals surface area contributed by atoms with Crippen LogP contribution in [0.15, 0.2) is 77.7 Å². The number of carbonyl (C=O) groups excluding carboxylic acids is 1. The van der Waals surface area contributed by atoms with Crippen molar-refractivity contribution < 1.29 is 22.7 Å². The molecule has 0 fully saturated rings. The van der Waals surface area contributed by atoms with Gasteiger partial charge in [-0.05, 0) is 55.2 Å². The molecule has 1 N–H and O–H groups in total. The highest BCUT2D eigenvalue weighted by atomic mass is 32.2. The Morgan fingerprint density at radius 2 is 1.54 bits per heavy atom. The third kappa shape index (κ3) is 7.31. The zero-order valence-corrected chi connectivity index (χ0v) is 21.2. The van der Waals surface area contributed by atoms with Gasteiger partial charge in [-0.3, -0.25) is 4.79 Å². The molecule has 7 nitrogen and oxygen atoms in total. The maximum Gasteiger partial charge on any atom is 0.243 e. The molecule has 0 radical (unpaired) electrons. The van der Waals surface area contributed by atoms with Crippen molar-refractivity contribution in [2.45, 2.75) is 24.7 Å². The van der Waals surface area contributed by atoms with Crippen LogP contribution >= 0.6 is 0 Å². The van der Waals surface area contributed by atoms with Gasteiger partial charge in [-0.15, -0.1) is 0 Å². The normalized spacial score (nSPS) is 11.3. The minimum absolute atomic E-state index is 0.175. The zero-order valence-electron chi connectivity index (χ0n) is 20.4. The number of hydrogen-bond acceptors (Lipinski definition) is 5.